The highest BCUT2D eigenvalue weighted by atomic mass is 79.9. The SMILES string of the molecule is COCCNc1ccnc(Nc2ccc(Br)cc2)n1. The third kappa shape index (κ3) is 4.50. The minimum absolute atomic E-state index is 0.560. The van der Waals surface area contributed by atoms with Crippen molar-refractivity contribution >= 4 is 33.4 Å². The van der Waals surface area contributed by atoms with Crippen LogP contribution in [-0.4, -0.2) is 30.2 Å². The average molecular weight is 323 g/mol. The van der Waals surface area contributed by atoms with Gasteiger partial charge in [0.15, 0.2) is 0 Å². The van der Waals surface area contributed by atoms with E-state index in [1.165, 1.54) is 0 Å². The zero-order valence-electron chi connectivity index (χ0n) is 10.6. The summed E-state index contributed by atoms with van der Waals surface area (Å²) in [6, 6.07) is 9.66. The molecule has 6 heteroatoms. The van der Waals surface area contributed by atoms with Crippen LogP contribution in [0.4, 0.5) is 17.5 Å². The van der Waals surface area contributed by atoms with Crippen LogP contribution in [0.2, 0.25) is 0 Å². The van der Waals surface area contributed by atoms with Crippen LogP contribution < -0.4 is 10.6 Å². The van der Waals surface area contributed by atoms with Crippen LogP contribution in [0.1, 0.15) is 0 Å². The van der Waals surface area contributed by atoms with Gasteiger partial charge in [-0.25, -0.2) is 4.98 Å². The summed E-state index contributed by atoms with van der Waals surface area (Å²) in [7, 11) is 1.67. The molecule has 0 aliphatic carbocycles. The zero-order valence-corrected chi connectivity index (χ0v) is 12.1. The van der Waals surface area contributed by atoms with Crippen LogP contribution in [0.3, 0.4) is 0 Å². The number of benzene rings is 1. The molecule has 0 radical (unpaired) electrons. The van der Waals surface area contributed by atoms with Gasteiger partial charge in [0, 0.05) is 30.0 Å². The van der Waals surface area contributed by atoms with Crippen molar-refractivity contribution in [3.05, 3.63) is 41.0 Å². The number of hydrogen-bond donors (Lipinski definition) is 2. The lowest BCUT2D eigenvalue weighted by atomic mass is 10.3. The molecule has 0 unspecified atom stereocenters. The first kappa shape index (κ1) is 13.8. The maximum absolute atomic E-state index is 4.97. The fourth-order valence-corrected chi connectivity index (χ4v) is 1.73. The molecule has 100 valence electrons. The highest BCUT2D eigenvalue weighted by Gasteiger charge is 1.99. The van der Waals surface area contributed by atoms with Gasteiger partial charge in [0.05, 0.1) is 6.61 Å². The van der Waals surface area contributed by atoms with E-state index in [9.17, 15) is 0 Å². The Kier molecular flexibility index (Phi) is 5.11. The lowest BCUT2D eigenvalue weighted by molar-refractivity contribution is 0.210. The molecule has 0 amide bonds. The van der Waals surface area contributed by atoms with Crippen molar-refractivity contribution < 1.29 is 4.74 Å². The molecule has 0 bridgehead atoms. The Morgan fingerprint density at radius 1 is 1.21 bits per heavy atom. The largest absolute Gasteiger partial charge is 0.383 e. The van der Waals surface area contributed by atoms with Crippen molar-refractivity contribution in [2.24, 2.45) is 0 Å². The number of methoxy groups -OCH3 is 1. The molecule has 0 aliphatic rings. The molecule has 1 aromatic heterocycles. The molecule has 0 saturated carbocycles. The number of rotatable bonds is 6. The second kappa shape index (κ2) is 7.06. The molecular weight excluding hydrogens is 308 g/mol. The first-order valence-electron chi connectivity index (χ1n) is 5.86. The maximum Gasteiger partial charge on any atom is 0.229 e. The Hall–Kier alpha value is -1.66. The number of nitrogens with zero attached hydrogens (tertiary/aromatic N) is 2. The number of ether oxygens (including phenoxy) is 1. The van der Waals surface area contributed by atoms with E-state index in [1.54, 1.807) is 13.3 Å². The minimum atomic E-state index is 0.560. The van der Waals surface area contributed by atoms with Crippen LogP contribution in [0.15, 0.2) is 41.0 Å². The number of halogens is 1. The van der Waals surface area contributed by atoms with Gasteiger partial charge < -0.3 is 15.4 Å². The van der Waals surface area contributed by atoms with Crippen LogP contribution in [0.5, 0.6) is 0 Å². The van der Waals surface area contributed by atoms with Gasteiger partial charge in [-0.15, -0.1) is 0 Å². The van der Waals surface area contributed by atoms with Crippen molar-refractivity contribution in [1.29, 1.82) is 0 Å². The summed E-state index contributed by atoms with van der Waals surface area (Å²) in [5.74, 6) is 1.33. The van der Waals surface area contributed by atoms with E-state index < -0.39 is 0 Å². The Labute approximate surface area is 120 Å². The highest BCUT2D eigenvalue weighted by Crippen LogP contribution is 2.17. The quantitative estimate of drug-likeness (QED) is 0.800. The van der Waals surface area contributed by atoms with E-state index in [4.69, 9.17) is 4.74 Å². The van der Waals surface area contributed by atoms with Crippen molar-refractivity contribution in [2.75, 3.05) is 30.9 Å². The lowest BCUT2D eigenvalue weighted by Crippen LogP contribution is -2.09. The fourth-order valence-electron chi connectivity index (χ4n) is 1.46. The summed E-state index contributed by atoms with van der Waals surface area (Å²) >= 11 is 3.40. The molecule has 0 aliphatic heterocycles. The molecule has 1 heterocycles. The molecule has 0 atom stereocenters. The fraction of sp³-hybridized carbons (Fsp3) is 0.231. The van der Waals surface area contributed by atoms with Crippen molar-refractivity contribution in [3.8, 4) is 0 Å². The molecule has 1 aromatic carbocycles. The molecule has 19 heavy (non-hydrogen) atoms. The van der Waals surface area contributed by atoms with E-state index >= 15 is 0 Å². The minimum Gasteiger partial charge on any atom is -0.383 e. The molecule has 0 spiro atoms. The molecule has 2 N–H and O–H groups in total. The summed E-state index contributed by atoms with van der Waals surface area (Å²) in [6.07, 6.45) is 1.71. The smallest absolute Gasteiger partial charge is 0.229 e. The van der Waals surface area contributed by atoms with Crippen LogP contribution in [0.25, 0.3) is 0 Å². The van der Waals surface area contributed by atoms with E-state index in [0.717, 1.165) is 16.0 Å². The Morgan fingerprint density at radius 2 is 2.00 bits per heavy atom. The van der Waals surface area contributed by atoms with Crippen LogP contribution in [0, 0.1) is 0 Å². The normalized spacial score (nSPS) is 10.2. The summed E-state index contributed by atoms with van der Waals surface area (Å²) < 4.78 is 6.01. The summed E-state index contributed by atoms with van der Waals surface area (Å²) in [5.41, 5.74) is 0.942. The Bertz CT molecular complexity index is 518. The monoisotopic (exact) mass is 322 g/mol. The topological polar surface area (TPSA) is 59.1 Å². The van der Waals surface area contributed by atoms with Gasteiger partial charge in [-0.3, -0.25) is 0 Å². The number of anilines is 3. The molecule has 2 aromatic rings. The second-order valence-corrected chi connectivity index (χ2v) is 4.73. The van der Waals surface area contributed by atoms with E-state index in [1.807, 2.05) is 30.3 Å². The average Bonchev–Trinajstić information content (AvgIpc) is 2.42. The predicted molar refractivity (Wildman–Crippen MR) is 79.8 cm³/mol. The van der Waals surface area contributed by atoms with Crippen LogP contribution in [-0.2, 0) is 4.74 Å². The zero-order chi connectivity index (χ0) is 13.5. The maximum atomic E-state index is 4.97. The van der Waals surface area contributed by atoms with E-state index in [2.05, 4.69) is 36.5 Å². The predicted octanol–water partition coefficient (Wildman–Crippen LogP) is 3.04. The van der Waals surface area contributed by atoms with Gasteiger partial charge in [-0.05, 0) is 30.3 Å². The van der Waals surface area contributed by atoms with Gasteiger partial charge in [-0.1, -0.05) is 15.9 Å². The summed E-state index contributed by atoms with van der Waals surface area (Å²) in [6.45, 7) is 1.35. The van der Waals surface area contributed by atoms with Gasteiger partial charge >= 0.3 is 0 Å². The van der Waals surface area contributed by atoms with Gasteiger partial charge in [-0.2, -0.15) is 4.98 Å². The number of nitrogens with one attached hydrogen (secondary N) is 2. The second-order valence-electron chi connectivity index (χ2n) is 3.82. The Morgan fingerprint density at radius 3 is 2.74 bits per heavy atom. The van der Waals surface area contributed by atoms with Gasteiger partial charge in [0.25, 0.3) is 0 Å². The summed E-state index contributed by atoms with van der Waals surface area (Å²) in [4.78, 5) is 8.54. The van der Waals surface area contributed by atoms with Crippen molar-refractivity contribution in [2.45, 2.75) is 0 Å². The first-order valence-corrected chi connectivity index (χ1v) is 6.65. The van der Waals surface area contributed by atoms with E-state index in [-0.39, 0.29) is 0 Å². The standard InChI is InChI=1S/C13H15BrN4O/c1-19-9-8-15-12-6-7-16-13(18-12)17-11-4-2-10(14)3-5-11/h2-7H,8-9H2,1H3,(H2,15,16,17,18). The third-order valence-corrected chi connectivity index (χ3v) is 2.90. The van der Waals surface area contributed by atoms with E-state index in [0.29, 0.717) is 19.1 Å². The molecular formula is C13H15BrN4O. The molecule has 2 rings (SSSR count). The first-order chi connectivity index (χ1) is 9.28. The lowest BCUT2D eigenvalue weighted by Gasteiger charge is -2.08. The molecule has 0 fully saturated rings. The number of hydrogen-bond acceptors (Lipinski definition) is 5. The van der Waals surface area contributed by atoms with Gasteiger partial charge in [0.1, 0.15) is 5.82 Å². The highest BCUT2D eigenvalue weighted by molar-refractivity contribution is 9.10. The van der Waals surface area contributed by atoms with Crippen LogP contribution >= 0.6 is 15.9 Å². The molecule has 5 nitrogen and oxygen atoms in total. The van der Waals surface area contributed by atoms with Gasteiger partial charge in [0.2, 0.25) is 5.95 Å². The van der Waals surface area contributed by atoms with Crippen molar-refractivity contribution in [1.82, 2.24) is 9.97 Å². The third-order valence-electron chi connectivity index (χ3n) is 2.37. The summed E-state index contributed by atoms with van der Waals surface area (Å²) in [5, 5.41) is 6.30. The number of aromatic nitrogens is 2. The molecule has 0 saturated heterocycles. The van der Waals surface area contributed by atoms with Crippen molar-refractivity contribution in [3.63, 3.8) is 0 Å². The Balaban J connectivity index is 2.00.